The standard InChI is InChI=1S/C20H23ClFN3O2.HI/c1-2-23-20(25-11-15-5-3-4-6-18(15)21)24-8-7-14-9-17(22)10-16-12-26-13-27-19(14)16;/h3-6,9-10H,2,7-8,11-13H2,1H3,(H2,23,24,25);1H. The van der Waals surface area contributed by atoms with Crippen LogP contribution in [0.1, 0.15) is 23.6 Å². The van der Waals surface area contributed by atoms with Gasteiger partial charge in [0.2, 0.25) is 0 Å². The molecule has 1 heterocycles. The lowest BCUT2D eigenvalue weighted by molar-refractivity contribution is -0.0172. The third-order valence-electron chi connectivity index (χ3n) is 4.15. The van der Waals surface area contributed by atoms with E-state index >= 15 is 0 Å². The van der Waals surface area contributed by atoms with Crippen molar-refractivity contribution in [2.75, 3.05) is 19.9 Å². The van der Waals surface area contributed by atoms with E-state index in [1.165, 1.54) is 12.1 Å². The van der Waals surface area contributed by atoms with Crippen LogP contribution >= 0.6 is 35.6 Å². The van der Waals surface area contributed by atoms with E-state index in [2.05, 4.69) is 15.6 Å². The van der Waals surface area contributed by atoms with E-state index < -0.39 is 0 Å². The fourth-order valence-corrected chi connectivity index (χ4v) is 3.09. The Labute approximate surface area is 186 Å². The van der Waals surface area contributed by atoms with Gasteiger partial charge in [-0.1, -0.05) is 29.8 Å². The number of nitrogens with zero attached hydrogens (tertiary/aromatic N) is 1. The lowest BCUT2D eigenvalue weighted by Crippen LogP contribution is -2.38. The summed E-state index contributed by atoms with van der Waals surface area (Å²) in [6, 6.07) is 10.6. The maximum Gasteiger partial charge on any atom is 0.191 e. The first-order valence-corrected chi connectivity index (χ1v) is 9.32. The highest BCUT2D eigenvalue weighted by molar-refractivity contribution is 14.0. The largest absolute Gasteiger partial charge is 0.467 e. The van der Waals surface area contributed by atoms with Crippen LogP contribution in [0.25, 0.3) is 0 Å². The van der Waals surface area contributed by atoms with Crippen molar-refractivity contribution in [2.45, 2.75) is 26.5 Å². The molecule has 1 aliphatic rings. The first kappa shape index (κ1) is 22.7. The van der Waals surface area contributed by atoms with Gasteiger partial charge in [0.1, 0.15) is 11.6 Å². The van der Waals surface area contributed by atoms with Crippen molar-refractivity contribution < 1.29 is 13.9 Å². The Kier molecular flexibility index (Phi) is 9.27. The zero-order valence-corrected chi connectivity index (χ0v) is 18.7. The Morgan fingerprint density at radius 2 is 2.04 bits per heavy atom. The minimum Gasteiger partial charge on any atom is -0.467 e. The maximum absolute atomic E-state index is 13.8. The fraction of sp³-hybridized carbons (Fsp3) is 0.350. The molecule has 152 valence electrons. The van der Waals surface area contributed by atoms with Gasteiger partial charge in [-0.3, -0.25) is 0 Å². The highest BCUT2D eigenvalue weighted by atomic mass is 127. The molecular weight excluding hydrogens is 496 g/mol. The third kappa shape index (κ3) is 6.22. The average molecular weight is 520 g/mol. The van der Waals surface area contributed by atoms with E-state index in [9.17, 15) is 4.39 Å². The summed E-state index contributed by atoms with van der Waals surface area (Å²) in [6.07, 6.45) is 0.608. The summed E-state index contributed by atoms with van der Waals surface area (Å²) >= 11 is 6.18. The number of ether oxygens (including phenoxy) is 2. The zero-order chi connectivity index (χ0) is 19.1. The summed E-state index contributed by atoms with van der Waals surface area (Å²) in [5.41, 5.74) is 2.53. The first-order valence-electron chi connectivity index (χ1n) is 8.94. The maximum atomic E-state index is 13.8. The second-order valence-corrected chi connectivity index (χ2v) is 6.53. The summed E-state index contributed by atoms with van der Waals surface area (Å²) in [7, 11) is 0. The molecule has 0 bridgehead atoms. The van der Waals surface area contributed by atoms with Crippen molar-refractivity contribution in [3.8, 4) is 5.75 Å². The molecule has 0 aromatic heterocycles. The molecule has 1 aliphatic heterocycles. The van der Waals surface area contributed by atoms with E-state index in [0.717, 1.165) is 29.0 Å². The van der Waals surface area contributed by atoms with Crippen molar-refractivity contribution in [3.63, 3.8) is 0 Å². The molecule has 3 rings (SSSR count). The number of rotatable bonds is 6. The third-order valence-corrected chi connectivity index (χ3v) is 4.52. The minimum atomic E-state index is -0.280. The highest BCUT2D eigenvalue weighted by Crippen LogP contribution is 2.29. The second-order valence-electron chi connectivity index (χ2n) is 6.13. The summed E-state index contributed by atoms with van der Waals surface area (Å²) in [5.74, 6) is 1.13. The molecule has 0 radical (unpaired) electrons. The van der Waals surface area contributed by atoms with Crippen LogP contribution in [0.4, 0.5) is 4.39 Å². The molecule has 0 unspecified atom stereocenters. The number of nitrogens with one attached hydrogen (secondary N) is 2. The number of halogens is 3. The molecule has 0 saturated heterocycles. The number of benzene rings is 2. The molecule has 0 fully saturated rings. The molecular formula is C20H24ClFIN3O2. The predicted octanol–water partition coefficient (Wildman–Crippen LogP) is 4.26. The van der Waals surface area contributed by atoms with Crippen LogP contribution in [0.15, 0.2) is 41.4 Å². The Bertz CT molecular complexity index is 820. The zero-order valence-electron chi connectivity index (χ0n) is 15.6. The lowest BCUT2D eigenvalue weighted by atomic mass is 10.1. The Hall–Kier alpha value is -1.58. The SMILES string of the molecule is CCNC(=NCc1ccccc1Cl)NCCc1cc(F)cc2c1OCOC2.I. The summed E-state index contributed by atoms with van der Waals surface area (Å²) < 4.78 is 24.6. The van der Waals surface area contributed by atoms with Crippen LogP contribution in [0.2, 0.25) is 5.02 Å². The number of hydrogen-bond acceptors (Lipinski definition) is 3. The van der Waals surface area contributed by atoms with Gasteiger partial charge in [-0.25, -0.2) is 9.38 Å². The van der Waals surface area contributed by atoms with Crippen LogP contribution in [0.3, 0.4) is 0 Å². The van der Waals surface area contributed by atoms with E-state index in [4.69, 9.17) is 21.1 Å². The molecule has 5 nitrogen and oxygen atoms in total. The summed E-state index contributed by atoms with van der Waals surface area (Å²) in [5, 5.41) is 7.17. The number of guanidine groups is 1. The second kappa shape index (κ2) is 11.4. The van der Waals surface area contributed by atoms with Crippen molar-refractivity contribution >= 4 is 41.5 Å². The molecule has 0 spiro atoms. The molecule has 0 amide bonds. The van der Waals surface area contributed by atoms with E-state index in [0.29, 0.717) is 37.1 Å². The molecule has 2 aromatic carbocycles. The smallest absolute Gasteiger partial charge is 0.191 e. The molecule has 0 saturated carbocycles. The van der Waals surface area contributed by atoms with Gasteiger partial charge in [-0.05, 0) is 42.7 Å². The number of hydrogen-bond donors (Lipinski definition) is 2. The molecule has 8 heteroatoms. The van der Waals surface area contributed by atoms with Crippen LogP contribution in [0, 0.1) is 5.82 Å². The van der Waals surface area contributed by atoms with Gasteiger partial charge < -0.3 is 20.1 Å². The molecule has 2 N–H and O–H groups in total. The quantitative estimate of drug-likeness (QED) is 0.340. The van der Waals surface area contributed by atoms with E-state index in [1.54, 1.807) is 0 Å². The lowest BCUT2D eigenvalue weighted by Gasteiger charge is -2.21. The van der Waals surface area contributed by atoms with Gasteiger partial charge in [-0.15, -0.1) is 24.0 Å². The molecule has 0 aliphatic carbocycles. The molecule has 0 atom stereocenters. The monoisotopic (exact) mass is 519 g/mol. The van der Waals surface area contributed by atoms with Crippen LogP contribution in [0.5, 0.6) is 5.75 Å². The number of fused-ring (bicyclic) bond motifs is 1. The van der Waals surface area contributed by atoms with Crippen LogP contribution < -0.4 is 15.4 Å². The first-order chi connectivity index (χ1) is 13.2. The Morgan fingerprint density at radius 1 is 1.21 bits per heavy atom. The van der Waals surface area contributed by atoms with Crippen molar-refractivity contribution in [2.24, 2.45) is 4.99 Å². The Morgan fingerprint density at radius 3 is 2.82 bits per heavy atom. The van der Waals surface area contributed by atoms with Gasteiger partial charge in [0, 0.05) is 23.7 Å². The topological polar surface area (TPSA) is 54.9 Å². The molecule has 2 aromatic rings. The van der Waals surface area contributed by atoms with Crippen molar-refractivity contribution in [1.29, 1.82) is 0 Å². The minimum absolute atomic E-state index is 0. The van der Waals surface area contributed by atoms with Gasteiger partial charge in [0.05, 0.1) is 13.2 Å². The normalized spacial score (nSPS) is 13.2. The highest BCUT2D eigenvalue weighted by Gasteiger charge is 2.16. The number of aliphatic imine (C=N–C) groups is 1. The Balaban J connectivity index is 0.00000280. The van der Waals surface area contributed by atoms with Crippen molar-refractivity contribution in [3.05, 3.63) is 63.9 Å². The predicted molar refractivity (Wildman–Crippen MR) is 120 cm³/mol. The summed E-state index contributed by atoms with van der Waals surface area (Å²) in [4.78, 5) is 4.57. The van der Waals surface area contributed by atoms with Gasteiger partial charge in [-0.2, -0.15) is 0 Å². The van der Waals surface area contributed by atoms with Crippen LogP contribution in [-0.2, 0) is 24.3 Å². The van der Waals surface area contributed by atoms with Crippen LogP contribution in [-0.4, -0.2) is 25.8 Å². The van der Waals surface area contributed by atoms with Gasteiger partial charge in [0.15, 0.2) is 12.8 Å². The van der Waals surface area contributed by atoms with Crippen molar-refractivity contribution in [1.82, 2.24) is 10.6 Å². The average Bonchev–Trinajstić information content (AvgIpc) is 2.67. The summed E-state index contributed by atoms with van der Waals surface area (Å²) in [6.45, 7) is 4.38. The van der Waals surface area contributed by atoms with Gasteiger partial charge in [0.25, 0.3) is 0 Å². The van der Waals surface area contributed by atoms with E-state index in [-0.39, 0.29) is 36.6 Å². The molecule has 28 heavy (non-hydrogen) atoms. The van der Waals surface area contributed by atoms with Gasteiger partial charge >= 0.3 is 0 Å². The van der Waals surface area contributed by atoms with E-state index in [1.807, 2.05) is 31.2 Å². The fourth-order valence-electron chi connectivity index (χ4n) is 2.89.